The molecule has 1 aliphatic heterocycles. The fourth-order valence-corrected chi connectivity index (χ4v) is 2.16. The predicted molar refractivity (Wildman–Crippen MR) is 68.6 cm³/mol. The van der Waals surface area contributed by atoms with Gasteiger partial charge in [-0.2, -0.15) is 0 Å². The summed E-state index contributed by atoms with van der Waals surface area (Å²) >= 11 is 0. The molecule has 0 aromatic rings. The number of rotatable bonds is 6. The molecule has 0 aromatic carbocycles. The van der Waals surface area contributed by atoms with Crippen molar-refractivity contribution in [3.63, 3.8) is 0 Å². The zero-order valence-corrected chi connectivity index (χ0v) is 12.1. The predicted octanol–water partition coefficient (Wildman–Crippen LogP) is -3.13. The molecule has 0 spiro atoms. The van der Waals surface area contributed by atoms with E-state index in [2.05, 4.69) is 0 Å². The summed E-state index contributed by atoms with van der Waals surface area (Å²) in [6.07, 6.45) is -7.23. The highest BCUT2D eigenvalue weighted by Crippen LogP contribution is 2.22. The number of ether oxygens (including phenoxy) is 2. The summed E-state index contributed by atoms with van der Waals surface area (Å²) in [5, 5.41) is 48.0. The number of hydrogen-bond donors (Lipinski definition) is 5. The monoisotopic (exact) mass is 296 g/mol. The van der Waals surface area contributed by atoms with E-state index in [0.717, 1.165) is 0 Å². The minimum atomic E-state index is -1.47. The molecule has 0 aromatic heterocycles. The van der Waals surface area contributed by atoms with E-state index in [1.807, 2.05) is 21.1 Å². The van der Waals surface area contributed by atoms with Crippen LogP contribution in [0.2, 0.25) is 0 Å². The van der Waals surface area contributed by atoms with Gasteiger partial charge in [0.2, 0.25) is 0 Å². The second-order valence-electron chi connectivity index (χ2n) is 6.15. The summed E-state index contributed by atoms with van der Waals surface area (Å²) < 4.78 is 10.7. The lowest BCUT2D eigenvalue weighted by molar-refractivity contribution is -0.873. The summed E-state index contributed by atoms with van der Waals surface area (Å²) in [6, 6.07) is 0. The average Bonchev–Trinajstić information content (AvgIpc) is 2.31. The second-order valence-corrected chi connectivity index (χ2v) is 6.15. The third-order valence-corrected chi connectivity index (χ3v) is 3.08. The van der Waals surface area contributed by atoms with Gasteiger partial charge in [0, 0.05) is 0 Å². The third-order valence-electron chi connectivity index (χ3n) is 3.08. The van der Waals surface area contributed by atoms with Gasteiger partial charge in [-0.15, -0.1) is 0 Å². The Morgan fingerprint density at radius 3 is 2.25 bits per heavy atom. The van der Waals surface area contributed by atoms with E-state index in [1.165, 1.54) is 0 Å². The van der Waals surface area contributed by atoms with Crippen molar-refractivity contribution in [1.29, 1.82) is 0 Å². The summed E-state index contributed by atoms with van der Waals surface area (Å²) in [4.78, 5) is 0. The molecule has 1 aliphatic rings. The van der Waals surface area contributed by atoms with Crippen LogP contribution >= 0.6 is 0 Å². The van der Waals surface area contributed by atoms with Crippen LogP contribution < -0.4 is 0 Å². The maximum absolute atomic E-state index is 9.84. The van der Waals surface area contributed by atoms with Gasteiger partial charge in [0.05, 0.1) is 34.4 Å². The number of hydrogen-bond acceptors (Lipinski definition) is 7. The van der Waals surface area contributed by atoms with Crippen molar-refractivity contribution < 1.29 is 39.5 Å². The van der Waals surface area contributed by atoms with Crippen LogP contribution in [0.4, 0.5) is 0 Å². The minimum absolute atomic E-state index is 0.103. The largest absolute Gasteiger partial charge is 0.394 e. The molecular formula is C12H26NO7+. The molecule has 1 rings (SSSR count). The second kappa shape index (κ2) is 7.10. The first-order valence-corrected chi connectivity index (χ1v) is 6.56. The van der Waals surface area contributed by atoms with Gasteiger partial charge in [0.1, 0.15) is 37.1 Å². The Labute approximate surface area is 118 Å². The summed E-state index contributed by atoms with van der Waals surface area (Å²) in [5.41, 5.74) is 0. The molecule has 0 aliphatic carbocycles. The number of aliphatic hydroxyl groups excluding tert-OH is 5. The quantitative estimate of drug-likeness (QED) is 0.329. The first-order chi connectivity index (χ1) is 9.15. The van der Waals surface area contributed by atoms with Gasteiger partial charge < -0.3 is 39.5 Å². The van der Waals surface area contributed by atoms with Crippen molar-refractivity contribution in [2.24, 2.45) is 0 Å². The molecule has 0 radical (unpaired) electrons. The maximum Gasteiger partial charge on any atom is 0.184 e. The molecule has 6 atom stereocenters. The molecule has 1 fully saturated rings. The van der Waals surface area contributed by atoms with Crippen LogP contribution in [0, 0.1) is 0 Å². The Hall–Kier alpha value is -0.320. The first kappa shape index (κ1) is 17.7. The van der Waals surface area contributed by atoms with E-state index in [1.54, 1.807) is 0 Å². The number of aliphatic hydroxyl groups is 5. The molecule has 1 saturated heterocycles. The van der Waals surface area contributed by atoms with Crippen LogP contribution in [0.1, 0.15) is 0 Å². The van der Waals surface area contributed by atoms with E-state index in [-0.39, 0.29) is 6.61 Å². The fraction of sp³-hybridized carbons (Fsp3) is 1.00. The zero-order valence-electron chi connectivity index (χ0n) is 12.1. The molecule has 0 saturated carbocycles. The SMILES string of the molecule is C[N+](C)(C)CC(O)CO[C@@H]1[C@@H](O)[C@@H](O)[C@@H](CO)O[C@H]1O. The zero-order chi connectivity index (χ0) is 15.5. The van der Waals surface area contributed by atoms with Crippen molar-refractivity contribution in [2.45, 2.75) is 36.8 Å². The Morgan fingerprint density at radius 2 is 1.75 bits per heavy atom. The standard InChI is InChI=1S/C12H26NO7/c1-13(2,3)4-7(15)6-19-11-10(17)9(16)8(5-14)20-12(11)18/h7-12,14-18H,4-6H2,1-3H3/q+1/t7?,8-,9+,10+,11-,12-/m1/s1. The van der Waals surface area contributed by atoms with Crippen molar-refractivity contribution >= 4 is 0 Å². The lowest BCUT2D eigenvalue weighted by Crippen LogP contribution is -2.59. The van der Waals surface area contributed by atoms with E-state index in [0.29, 0.717) is 11.0 Å². The van der Waals surface area contributed by atoms with Gasteiger partial charge in [-0.25, -0.2) is 0 Å². The van der Waals surface area contributed by atoms with Crippen LogP contribution in [0.5, 0.6) is 0 Å². The van der Waals surface area contributed by atoms with Gasteiger partial charge in [-0.05, 0) is 0 Å². The molecule has 20 heavy (non-hydrogen) atoms. The number of quaternary nitrogens is 1. The van der Waals surface area contributed by atoms with Gasteiger partial charge in [0.15, 0.2) is 6.29 Å². The molecular weight excluding hydrogens is 270 g/mol. The minimum Gasteiger partial charge on any atom is -0.394 e. The topological polar surface area (TPSA) is 120 Å². The Kier molecular flexibility index (Phi) is 6.29. The van der Waals surface area contributed by atoms with Gasteiger partial charge >= 0.3 is 0 Å². The summed E-state index contributed by atoms with van der Waals surface area (Å²) in [5.74, 6) is 0. The fourth-order valence-electron chi connectivity index (χ4n) is 2.16. The Bertz CT molecular complexity index is 296. The van der Waals surface area contributed by atoms with Crippen LogP contribution in [0.3, 0.4) is 0 Å². The average molecular weight is 296 g/mol. The van der Waals surface area contributed by atoms with Crippen molar-refractivity contribution in [3.8, 4) is 0 Å². The van der Waals surface area contributed by atoms with Gasteiger partial charge in [0.25, 0.3) is 0 Å². The van der Waals surface area contributed by atoms with Crippen LogP contribution in [-0.2, 0) is 9.47 Å². The van der Waals surface area contributed by atoms with Crippen LogP contribution in [0.25, 0.3) is 0 Å². The Balaban J connectivity index is 2.50. The number of nitrogens with zero attached hydrogens (tertiary/aromatic N) is 1. The van der Waals surface area contributed by atoms with Crippen molar-refractivity contribution in [3.05, 3.63) is 0 Å². The molecule has 1 unspecified atom stereocenters. The third kappa shape index (κ3) is 4.90. The summed E-state index contributed by atoms with van der Waals surface area (Å²) in [6.45, 7) is -0.193. The molecule has 0 bridgehead atoms. The smallest absolute Gasteiger partial charge is 0.184 e. The molecule has 0 amide bonds. The summed E-state index contributed by atoms with van der Waals surface area (Å²) in [7, 11) is 5.73. The van der Waals surface area contributed by atoms with Crippen molar-refractivity contribution in [1.82, 2.24) is 0 Å². The molecule has 120 valence electrons. The lowest BCUT2D eigenvalue weighted by Gasteiger charge is -2.40. The van der Waals surface area contributed by atoms with Gasteiger partial charge in [-0.1, -0.05) is 0 Å². The maximum atomic E-state index is 9.84. The molecule has 8 nitrogen and oxygen atoms in total. The van der Waals surface area contributed by atoms with E-state index >= 15 is 0 Å². The molecule has 1 heterocycles. The highest BCUT2D eigenvalue weighted by molar-refractivity contribution is 4.89. The normalized spacial score (nSPS) is 36.9. The molecule has 8 heteroatoms. The molecule has 5 N–H and O–H groups in total. The van der Waals surface area contributed by atoms with E-state index < -0.39 is 43.4 Å². The number of likely N-dealkylation sites (N-methyl/N-ethyl adjacent to an activating group) is 1. The highest BCUT2D eigenvalue weighted by atomic mass is 16.7. The van der Waals surface area contributed by atoms with E-state index in [4.69, 9.17) is 14.6 Å². The van der Waals surface area contributed by atoms with Crippen LogP contribution in [-0.4, -0.2) is 108 Å². The van der Waals surface area contributed by atoms with Gasteiger partial charge in [-0.3, -0.25) is 0 Å². The highest BCUT2D eigenvalue weighted by Gasteiger charge is 2.44. The lowest BCUT2D eigenvalue weighted by atomic mass is 9.99. The van der Waals surface area contributed by atoms with Crippen molar-refractivity contribution in [2.75, 3.05) is 40.9 Å². The van der Waals surface area contributed by atoms with Crippen LogP contribution in [0.15, 0.2) is 0 Å². The first-order valence-electron chi connectivity index (χ1n) is 6.56. The van der Waals surface area contributed by atoms with E-state index in [9.17, 15) is 20.4 Å². The Morgan fingerprint density at radius 1 is 1.15 bits per heavy atom.